The largest absolute Gasteiger partial charge is 0.462 e. The van der Waals surface area contributed by atoms with Gasteiger partial charge in [-0.1, -0.05) is 36.4 Å². The van der Waals surface area contributed by atoms with Crippen molar-refractivity contribution in [3.8, 4) is 5.75 Å². The highest BCUT2D eigenvalue weighted by Crippen LogP contribution is 2.26. The van der Waals surface area contributed by atoms with Crippen LogP contribution in [0, 0.1) is 0 Å². The van der Waals surface area contributed by atoms with Gasteiger partial charge in [0.15, 0.2) is 0 Å². The second-order valence-electron chi connectivity index (χ2n) is 3.73. The molecule has 2 rings (SSSR count). The number of hydrogen-bond acceptors (Lipinski definition) is 3. The maximum atomic E-state index is 9.47. The molecule has 0 saturated carbocycles. The minimum atomic E-state index is -1.20. The van der Waals surface area contributed by atoms with Crippen molar-refractivity contribution in [2.75, 3.05) is 0 Å². The zero-order valence-corrected chi connectivity index (χ0v) is 9.00. The Hall–Kier alpha value is -1.58. The lowest BCUT2D eigenvalue weighted by Gasteiger charge is -2.17. The fourth-order valence-electron chi connectivity index (χ4n) is 1.53. The van der Waals surface area contributed by atoms with Gasteiger partial charge in [0.05, 0.1) is 0 Å². The van der Waals surface area contributed by atoms with E-state index in [1.165, 1.54) is 6.92 Å². The van der Waals surface area contributed by atoms with Crippen LogP contribution in [0.5, 0.6) is 5.75 Å². The van der Waals surface area contributed by atoms with E-state index in [4.69, 9.17) is 4.74 Å². The molecule has 0 heterocycles. The molecule has 2 aromatic rings. The van der Waals surface area contributed by atoms with Gasteiger partial charge in [-0.05, 0) is 18.4 Å². The van der Waals surface area contributed by atoms with E-state index in [9.17, 15) is 10.2 Å². The van der Waals surface area contributed by atoms with Crippen LogP contribution in [-0.4, -0.2) is 22.6 Å². The van der Waals surface area contributed by atoms with E-state index in [-0.39, 0.29) is 0 Å². The van der Waals surface area contributed by atoms with Crippen LogP contribution in [0.1, 0.15) is 6.92 Å². The summed E-state index contributed by atoms with van der Waals surface area (Å²) in [5.74, 6) is 0.575. The van der Waals surface area contributed by atoms with Crippen molar-refractivity contribution in [3.05, 3.63) is 42.5 Å². The molecule has 3 nitrogen and oxygen atoms in total. The van der Waals surface area contributed by atoms with E-state index in [1.807, 2.05) is 36.4 Å². The average molecular weight is 218 g/mol. The summed E-state index contributed by atoms with van der Waals surface area (Å²) in [5.41, 5.74) is 0. The first-order valence-electron chi connectivity index (χ1n) is 5.19. The van der Waals surface area contributed by atoms with Crippen molar-refractivity contribution < 1.29 is 14.9 Å². The summed E-state index contributed by atoms with van der Waals surface area (Å²) in [6.07, 6.45) is -2.12. The Labute approximate surface area is 93.9 Å². The molecule has 16 heavy (non-hydrogen) atoms. The Morgan fingerprint density at radius 3 is 2.44 bits per heavy atom. The SMILES string of the molecule is C[C@@H](O)C(O)Oc1cccc2ccccc12. The Bertz CT molecular complexity index is 474. The zero-order chi connectivity index (χ0) is 11.5. The first-order valence-corrected chi connectivity index (χ1v) is 5.19. The molecule has 0 aliphatic carbocycles. The Morgan fingerprint density at radius 1 is 1.00 bits per heavy atom. The molecule has 84 valence electrons. The summed E-state index contributed by atoms with van der Waals surface area (Å²) < 4.78 is 5.29. The monoisotopic (exact) mass is 218 g/mol. The Balaban J connectivity index is 2.37. The molecule has 0 fully saturated rings. The number of fused-ring (bicyclic) bond motifs is 1. The lowest BCUT2D eigenvalue weighted by atomic mass is 10.1. The van der Waals surface area contributed by atoms with E-state index < -0.39 is 12.4 Å². The molecule has 0 radical (unpaired) electrons. The quantitative estimate of drug-likeness (QED) is 0.774. The normalized spacial score (nSPS) is 14.7. The summed E-state index contributed by atoms with van der Waals surface area (Å²) in [4.78, 5) is 0. The summed E-state index contributed by atoms with van der Waals surface area (Å²) in [6, 6.07) is 13.3. The maximum absolute atomic E-state index is 9.47. The van der Waals surface area contributed by atoms with Gasteiger partial charge in [-0.2, -0.15) is 0 Å². The number of aliphatic hydroxyl groups excluding tert-OH is 2. The van der Waals surface area contributed by atoms with Gasteiger partial charge < -0.3 is 14.9 Å². The smallest absolute Gasteiger partial charge is 0.223 e. The number of ether oxygens (including phenoxy) is 1. The van der Waals surface area contributed by atoms with E-state index in [0.29, 0.717) is 5.75 Å². The highest BCUT2D eigenvalue weighted by Gasteiger charge is 2.13. The van der Waals surface area contributed by atoms with Gasteiger partial charge in [0.2, 0.25) is 6.29 Å². The molecular formula is C13H14O3. The van der Waals surface area contributed by atoms with Crippen LogP contribution in [0.3, 0.4) is 0 Å². The van der Waals surface area contributed by atoms with Gasteiger partial charge >= 0.3 is 0 Å². The van der Waals surface area contributed by atoms with E-state index in [2.05, 4.69) is 0 Å². The van der Waals surface area contributed by atoms with Crippen molar-refractivity contribution in [2.45, 2.75) is 19.3 Å². The summed E-state index contributed by atoms with van der Waals surface area (Å²) >= 11 is 0. The third-order valence-electron chi connectivity index (χ3n) is 2.41. The number of benzene rings is 2. The van der Waals surface area contributed by atoms with Crippen molar-refractivity contribution in [3.63, 3.8) is 0 Å². The molecular weight excluding hydrogens is 204 g/mol. The van der Waals surface area contributed by atoms with Crippen LogP contribution in [0.15, 0.2) is 42.5 Å². The molecule has 0 aliphatic rings. The molecule has 1 unspecified atom stereocenters. The molecule has 2 aromatic carbocycles. The standard InChI is InChI=1S/C13H14O3/c1-9(14)13(15)16-12-8-4-6-10-5-2-3-7-11(10)12/h2-9,13-15H,1H3/t9-,13?/m1/s1. The summed E-state index contributed by atoms with van der Waals surface area (Å²) in [7, 11) is 0. The maximum Gasteiger partial charge on any atom is 0.223 e. The fraction of sp³-hybridized carbons (Fsp3) is 0.231. The van der Waals surface area contributed by atoms with Gasteiger partial charge in [0.25, 0.3) is 0 Å². The molecule has 0 aliphatic heterocycles. The molecule has 2 N–H and O–H groups in total. The van der Waals surface area contributed by atoms with Crippen LogP contribution in [0.2, 0.25) is 0 Å². The molecule has 0 spiro atoms. The Morgan fingerprint density at radius 2 is 1.69 bits per heavy atom. The van der Waals surface area contributed by atoms with Crippen LogP contribution in [0.25, 0.3) is 10.8 Å². The van der Waals surface area contributed by atoms with Crippen molar-refractivity contribution in [1.29, 1.82) is 0 Å². The molecule has 0 bridgehead atoms. The van der Waals surface area contributed by atoms with Crippen LogP contribution in [0.4, 0.5) is 0 Å². The van der Waals surface area contributed by atoms with Gasteiger partial charge in [-0.25, -0.2) is 0 Å². The topological polar surface area (TPSA) is 49.7 Å². The number of rotatable bonds is 3. The van der Waals surface area contributed by atoms with Crippen LogP contribution < -0.4 is 4.74 Å². The molecule has 0 amide bonds. The highest BCUT2D eigenvalue weighted by atomic mass is 16.6. The first-order chi connectivity index (χ1) is 7.68. The summed E-state index contributed by atoms with van der Waals surface area (Å²) in [6.45, 7) is 1.48. The molecule has 2 atom stereocenters. The first kappa shape index (κ1) is 10.9. The Kier molecular flexibility index (Phi) is 3.08. The minimum absolute atomic E-state index is 0.575. The predicted octanol–water partition coefficient (Wildman–Crippen LogP) is 1.92. The van der Waals surface area contributed by atoms with Gasteiger partial charge in [0.1, 0.15) is 11.9 Å². The molecule has 3 heteroatoms. The summed E-state index contributed by atoms with van der Waals surface area (Å²) in [5, 5.41) is 20.6. The minimum Gasteiger partial charge on any atom is -0.462 e. The highest BCUT2D eigenvalue weighted by molar-refractivity contribution is 5.88. The van der Waals surface area contributed by atoms with Crippen LogP contribution >= 0.6 is 0 Å². The second-order valence-corrected chi connectivity index (χ2v) is 3.73. The average Bonchev–Trinajstić information content (AvgIpc) is 2.29. The predicted molar refractivity (Wildman–Crippen MR) is 62.3 cm³/mol. The third-order valence-corrected chi connectivity index (χ3v) is 2.41. The lowest BCUT2D eigenvalue weighted by molar-refractivity contribution is -0.0951. The lowest BCUT2D eigenvalue weighted by Crippen LogP contribution is -2.28. The van der Waals surface area contributed by atoms with E-state index >= 15 is 0 Å². The van der Waals surface area contributed by atoms with Gasteiger partial charge in [0, 0.05) is 5.39 Å². The molecule has 0 saturated heterocycles. The van der Waals surface area contributed by atoms with Crippen molar-refractivity contribution >= 4 is 10.8 Å². The van der Waals surface area contributed by atoms with E-state index in [1.54, 1.807) is 6.07 Å². The number of aliphatic hydroxyl groups is 2. The van der Waals surface area contributed by atoms with Crippen LogP contribution in [-0.2, 0) is 0 Å². The third kappa shape index (κ3) is 2.15. The zero-order valence-electron chi connectivity index (χ0n) is 9.00. The van der Waals surface area contributed by atoms with Gasteiger partial charge in [-0.15, -0.1) is 0 Å². The van der Waals surface area contributed by atoms with E-state index in [0.717, 1.165) is 10.8 Å². The fourth-order valence-corrected chi connectivity index (χ4v) is 1.53. The van der Waals surface area contributed by atoms with Crippen molar-refractivity contribution in [2.24, 2.45) is 0 Å². The molecule has 0 aromatic heterocycles. The van der Waals surface area contributed by atoms with Crippen molar-refractivity contribution in [1.82, 2.24) is 0 Å². The number of hydrogen-bond donors (Lipinski definition) is 2. The second kappa shape index (κ2) is 4.51. The van der Waals surface area contributed by atoms with Gasteiger partial charge in [-0.3, -0.25) is 0 Å².